The summed E-state index contributed by atoms with van der Waals surface area (Å²) in [6.45, 7) is -6.31. The van der Waals surface area contributed by atoms with E-state index in [2.05, 4.69) is 9.47 Å². The predicted octanol–water partition coefficient (Wildman–Crippen LogP) is 2.52. The van der Waals surface area contributed by atoms with E-state index in [1.165, 1.54) is 0 Å². The largest absolute Gasteiger partial charge is 0.481 e. The van der Waals surface area contributed by atoms with E-state index in [4.69, 9.17) is 10.2 Å². The highest BCUT2D eigenvalue weighted by molar-refractivity contribution is 8.00. The minimum atomic E-state index is -5.73. The number of alkyl halides is 6. The van der Waals surface area contributed by atoms with Crippen molar-refractivity contribution in [3.05, 3.63) is 0 Å². The van der Waals surface area contributed by atoms with Gasteiger partial charge in [0.1, 0.15) is 11.9 Å². The molecule has 0 radical (unpaired) electrons. The summed E-state index contributed by atoms with van der Waals surface area (Å²) in [6.07, 6.45) is -6.45. The van der Waals surface area contributed by atoms with Gasteiger partial charge in [-0.1, -0.05) is 0 Å². The number of aliphatic carboxylic acids is 2. The average Bonchev–Trinajstić information content (AvgIpc) is 2.38. The van der Waals surface area contributed by atoms with Crippen LogP contribution in [0.5, 0.6) is 0 Å². The molecule has 0 aliphatic carbocycles. The molecule has 6 nitrogen and oxygen atoms in total. The summed E-state index contributed by atoms with van der Waals surface area (Å²) in [7, 11) is 0. The monoisotopic (exact) mass is 388 g/mol. The van der Waals surface area contributed by atoms with Gasteiger partial charge in [0.05, 0.1) is 6.42 Å². The summed E-state index contributed by atoms with van der Waals surface area (Å²) in [6, 6.07) is 0. The lowest BCUT2D eigenvalue weighted by atomic mass is 10.3. The standard InChI is InChI=1S/C11H14F6O6S/c12-9(13)23-10(14,11(15,16)17)5-22-2-1-3-24-6(8(20)21)4-7(18)19/h6,9H,1-5H2,(H,18,19)(H,20,21). The fraction of sp³-hybridized carbons (Fsp3) is 0.818. The van der Waals surface area contributed by atoms with Crippen LogP contribution in [0.15, 0.2) is 0 Å². The Morgan fingerprint density at radius 3 is 2.12 bits per heavy atom. The minimum absolute atomic E-state index is 0.00868. The van der Waals surface area contributed by atoms with E-state index in [-0.39, 0.29) is 12.2 Å². The zero-order valence-corrected chi connectivity index (χ0v) is 12.7. The molecule has 0 bridgehead atoms. The Balaban J connectivity index is 4.22. The molecule has 0 rings (SSSR count). The first-order valence-electron chi connectivity index (χ1n) is 6.24. The molecule has 0 aliphatic heterocycles. The molecule has 0 saturated heterocycles. The number of ether oxygens (including phenoxy) is 2. The van der Waals surface area contributed by atoms with Gasteiger partial charge in [-0.25, -0.2) is 0 Å². The lowest BCUT2D eigenvalue weighted by Crippen LogP contribution is -2.48. The van der Waals surface area contributed by atoms with Gasteiger partial charge >= 0.3 is 30.6 Å². The number of carbonyl (C=O) groups is 2. The maximum absolute atomic E-state index is 13.3. The molecule has 24 heavy (non-hydrogen) atoms. The Hall–Kier alpha value is -1.21. The predicted molar refractivity (Wildman–Crippen MR) is 68.6 cm³/mol. The van der Waals surface area contributed by atoms with Crippen molar-refractivity contribution in [2.24, 2.45) is 0 Å². The Morgan fingerprint density at radius 2 is 1.71 bits per heavy atom. The first kappa shape index (κ1) is 22.8. The van der Waals surface area contributed by atoms with Crippen molar-refractivity contribution in [3.8, 4) is 0 Å². The number of halogens is 6. The van der Waals surface area contributed by atoms with E-state index >= 15 is 0 Å². The van der Waals surface area contributed by atoms with E-state index in [9.17, 15) is 35.9 Å². The summed E-state index contributed by atoms with van der Waals surface area (Å²) in [5.74, 6) is -7.40. The second-order valence-corrected chi connectivity index (χ2v) is 5.62. The Bertz CT molecular complexity index is 420. The van der Waals surface area contributed by atoms with Crippen LogP contribution in [0.4, 0.5) is 26.3 Å². The molecule has 0 fully saturated rings. The SMILES string of the molecule is O=C(O)CC(SCCCOCC(F)(OC(F)F)C(F)(F)F)C(=O)O. The molecule has 0 aromatic carbocycles. The quantitative estimate of drug-likeness (QED) is 0.392. The van der Waals surface area contributed by atoms with Crippen molar-refractivity contribution in [1.82, 2.24) is 0 Å². The molecule has 142 valence electrons. The second kappa shape index (κ2) is 9.93. The third-order valence-electron chi connectivity index (χ3n) is 2.37. The molecule has 13 heteroatoms. The normalized spacial score (nSPS) is 16.0. The van der Waals surface area contributed by atoms with Crippen molar-refractivity contribution in [3.63, 3.8) is 0 Å². The fourth-order valence-electron chi connectivity index (χ4n) is 1.29. The van der Waals surface area contributed by atoms with Gasteiger partial charge in [-0.05, 0) is 12.2 Å². The molecule has 2 atom stereocenters. The summed E-state index contributed by atoms with van der Waals surface area (Å²) < 4.78 is 81.2. The Morgan fingerprint density at radius 1 is 1.12 bits per heavy atom. The smallest absolute Gasteiger partial charge is 0.451 e. The van der Waals surface area contributed by atoms with Crippen LogP contribution in [0, 0.1) is 0 Å². The molecule has 0 aromatic heterocycles. The molecule has 0 spiro atoms. The topological polar surface area (TPSA) is 93.1 Å². The average molecular weight is 388 g/mol. The van der Waals surface area contributed by atoms with E-state index in [0.717, 1.165) is 0 Å². The van der Waals surface area contributed by atoms with Crippen molar-refractivity contribution >= 4 is 23.7 Å². The van der Waals surface area contributed by atoms with Gasteiger partial charge in [0.2, 0.25) is 0 Å². The van der Waals surface area contributed by atoms with Crippen molar-refractivity contribution in [2.45, 2.75) is 36.7 Å². The molecule has 0 aliphatic rings. The Kier molecular flexibility index (Phi) is 9.43. The van der Waals surface area contributed by atoms with E-state index in [1.807, 2.05) is 0 Å². The van der Waals surface area contributed by atoms with Crippen LogP contribution in [-0.4, -0.2) is 65.0 Å². The van der Waals surface area contributed by atoms with Gasteiger partial charge in [0, 0.05) is 6.61 Å². The maximum atomic E-state index is 13.3. The van der Waals surface area contributed by atoms with Crippen LogP contribution < -0.4 is 0 Å². The van der Waals surface area contributed by atoms with Crippen LogP contribution >= 0.6 is 11.8 Å². The summed E-state index contributed by atoms with van der Waals surface area (Å²) in [5.41, 5.74) is 0. The number of thioether (sulfide) groups is 1. The van der Waals surface area contributed by atoms with Crippen molar-refractivity contribution in [2.75, 3.05) is 19.0 Å². The van der Waals surface area contributed by atoms with Crippen molar-refractivity contribution in [1.29, 1.82) is 0 Å². The van der Waals surface area contributed by atoms with E-state index < -0.39 is 55.5 Å². The molecule has 0 heterocycles. The number of hydrogen-bond acceptors (Lipinski definition) is 5. The maximum Gasteiger partial charge on any atom is 0.451 e. The lowest BCUT2D eigenvalue weighted by Gasteiger charge is -2.27. The third kappa shape index (κ3) is 8.59. The highest BCUT2D eigenvalue weighted by atomic mass is 32.2. The summed E-state index contributed by atoms with van der Waals surface area (Å²) >= 11 is 0.705. The third-order valence-corrected chi connectivity index (χ3v) is 3.67. The van der Waals surface area contributed by atoms with Crippen LogP contribution in [0.3, 0.4) is 0 Å². The number of carboxylic acid groups (broad SMARTS) is 2. The zero-order chi connectivity index (χ0) is 19.0. The second-order valence-electron chi connectivity index (χ2n) is 4.31. The van der Waals surface area contributed by atoms with Gasteiger partial charge in [0.15, 0.2) is 0 Å². The number of carboxylic acids is 2. The molecular formula is C11H14F6O6S. The van der Waals surface area contributed by atoms with Crippen LogP contribution in [0.1, 0.15) is 12.8 Å². The highest BCUT2D eigenvalue weighted by Crippen LogP contribution is 2.36. The highest BCUT2D eigenvalue weighted by Gasteiger charge is 2.59. The van der Waals surface area contributed by atoms with Gasteiger partial charge < -0.3 is 14.9 Å². The molecule has 0 amide bonds. The van der Waals surface area contributed by atoms with E-state index in [0.29, 0.717) is 11.8 Å². The molecule has 2 N–H and O–H groups in total. The molecular weight excluding hydrogens is 374 g/mol. The van der Waals surface area contributed by atoms with Crippen molar-refractivity contribution < 1.29 is 55.6 Å². The van der Waals surface area contributed by atoms with Gasteiger partial charge in [0.25, 0.3) is 0 Å². The first-order valence-corrected chi connectivity index (χ1v) is 7.29. The zero-order valence-electron chi connectivity index (χ0n) is 11.9. The molecule has 0 aromatic rings. The van der Waals surface area contributed by atoms with Crippen LogP contribution in [-0.2, 0) is 19.1 Å². The summed E-state index contributed by atoms with van der Waals surface area (Å²) in [4.78, 5) is 21.1. The van der Waals surface area contributed by atoms with Crippen LogP contribution in [0.2, 0.25) is 0 Å². The Labute approximate surface area is 136 Å². The van der Waals surface area contributed by atoms with E-state index in [1.54, 1.807) is 0 Å². The fourth-order valence-corrected chi connectivity index (χ4v) is 2.26. The lowest BCUT2D eigenvalue weighted by molar-refractivity contribution is -0.385. The summed E-state index contributed by atoms with van der Waals surface area (Å²) in [5, 5.41) is 16.0. The van der Waals surface area contributed by atoms with Crippen LogP contribution in [0.25, 0.3) is 0 Å². The number of hydrogen-bond donors (Lipinski definition) is 2. The van der Waals surface area contributed by atoms with Gasteiger partial charge in [-0.3, -0.25) is 14.3 Å². The van der Waals surface area contributed by atoms with Gasteiger partial charge in [-0.15, -0.1) is 11.8 Å². The molecule has 2 unspecified atom stereocenters. The molecule has 0 saturated carbocycles. The number of rotatable bonds is 12. The first-order chi connectivity index (χ1) is 10.9. The minimum Gasteiger partial charge on any atom is -0.481 e. The van der Waals surface area contributed by atoms with Gasteiger partial charge in [-0.2, -0.15) is 26.3 Å².